The van der Waals surface area contributed by atoms with Crippen LogP contribution < -0.4 is 0 Å². The van der Waals surface area contributed by atoms with Crippen molar-refractivity contribution in [3.05, 3.63) is 36.5 Å². The lowest BCUT2D eigenvalue weighted by molar-refractivity contribution is -0.118. The Hall–Kier alpha value is -1.51. The number of furan rings is 1. The highest BCUT2D eigenvalue weighted by molar-refractivity contribution is 5.94. The minimum atomic E-state index is -0.160. The van der Waals surface area contributed by atoms with Gasteiger partial charge in [0.2, 0.25) is 5.78 Å². The number of ketones is 1. The normalized spacial score (nSPS) is 9.42. The van der Waals surface area contributed by atoms with E-state index < -0.39 is 0 Å². The van der Waals surface area contributed by atoms with Gasteiger partial charge in [-0.2, -0.15) is 0 Å². The smallest absolute Gasteiger partial charge is 0.204 e. The predicted molar refractivity (Wildman–Crippen MR) is 43.6 cm³/mol. The van der Waals surface area contributed by atoms with Crippen LogP contribution in [0, 0.1) is 0 Å². The summed E-state index contributed by atoms with van der Waals surface area (Å²) in [7, 11) is 1.42. The van der Waals surface area contributed by atoms with Crippen LogP contribution >= 0.6 is 0 Å². The molecule has 0 bridgehead atoms. The highest BCUT2D eigenvalue weighted by Gasteiger charge is 2.09. The number of allylic oxidation sites excluding steroid dienone is 1. The van der Waals surface area contributed by atoms with E-state index in [-0.39, 0.29) is 18.0 Å². The number of rotatable bonds is 4. The predicted octanol–water partition coefficient (Wildman–Crippen LogP) is 1.55. The van der Waals surface area contributed by atoms with Gasteiger partial charge in [0, 0.05) is 0 Å². The first-order chi connectivity index (χ1) is 5.74. The first-order valence-electron chi connectivity index (χ1n) is 3.52. The quantitative estimate of drug-likeness (QED) is 0.503. The molecule has 0 atom stereocenters. The summed E-state index contributed by atoms with van der Waals surface area (Å²) in [5.74, 6) is 0.622. The molecule has 3 nitrogen and oxygen atoms in total. The van der Waals surface area contributed by atoms with Crippen molar-refractivity contribution in [2.45, 2.75) is 6.42 Å². The van der Waals surface area contributed by atoms with Crippen molar-refractivity contribution in [2.24, 2.45) is 0 Å². The first-order valence-corrected chi connectivity index (χ1v) is 3.52. The topological polar surface area (TPSA) is 39.4 Å². The molecule has 3 heteroatoms. The molecule has 0 fully saturated rings. The second kappa shape index (κ2) is 3.76. The lowest BCUT2D eigenvalue weighted by atomic mass is 10.2. The van der Waals surface area contributed by atoms with E-state index >= 15 is 0 Å². The van der Waals surface area contributed by atoms with Gasteiger partial charge in [0.15, 0.2) is 5.76 Å². The van der Waals surface area contributed by atoms with E-state index in [0.717, 1.165) is 0 Å². The third-order valence-electron chi connectivity index (χ3n) is 1.47. The standard InChI is InChI=1S/C9H10O3/c1-7(11-2)9(10)6-8-4-3-5-12-8/h3-5H,1,6H2,2H3. The molecule has 1 aromatic rings. The molecule has 12 heavy (non-hydrogen) atoms. The minimum Gasteiger partial charge on any atom is -0.494 e. The Morgan fingerprint density at radius 2 is 2.50 bits per heavy atom. The maximum Gasteiger partial charge on any atom is 0.204 e. The van der Waals surface area contributed by atoms with Crippen molar-refractivity contribution in [1.82, 2.24) is 0 Å². The summed E-state index contributed by atoms with van der Waals surface area (Å²) >= 11 is 0. The molecule has 0 unspecified atom stereocenters. The van der Waals surface area contributed by atoms with Crippen molar-refractivity contribution in [2.75, 3.05) is 7.11 Å². The Labute approximate surface area is 70.6 Å². The van der Waals surface area contributed by atoms with Crippen LogP contribution in [0.4, 0.5) is 0 Å². The molecular formula is C9H10O3. The van der Waals surface area contributed by atoms with Crippen LogP contribution in [0.5, 0.6) is 0 Å². The number of methoxy groups -OCH3 is 1. The van der Waals surface area contributed by atoms with Crippen LogP contribution in [0.2, 0.25) is 0 Å². The minimum absolute atomic E-state index is 0.159. The van der Waals surface area contributed by atoms with E-state index in [1.807, 2.05) is 0 Å². The van der Waals surface area contributed by atoms with Crippen LogP contribution in [0.15, 0.2) is 35.2 Å². The van der Waals surface area contributed by atoms with Gasteiger partial charge in [0.05, 0.1) is 19.8 Å². The summed E-state index contributed by atoms with van der Waals surface area (Å²) in [6, 6.07) is 3.47. The molecule has 0 amide bonds. The molecule has 0 aliphatic carbocycles. The zero-order valence-electron chi connectivity index (χ0n) is 6.87. The fourth-order valence-corrected chi connectivity index (χ4v) is 0.784. The van der Waals surface area contributed by atoms with Crippen LogP contribution in [0.1, 0.15) is 5.76 Å². The molecule has 0 aliphatic rings. The zero-order valence-corrected chi connectivity index (χ0v) is 6.87. The lowest BCUT2D eigenvalue weighted by Crippen LogP contribution is -2.05. The monoisotopic (exact) mass is 166 g/mol. The number of Topliss-reactive ketones (excluding diaryl/α,β-unsaturated/α-hetero) is 1. The first kappa shape index (κ1) is 8.59. The molecule has 64 valence electrons. The Morgan fingerprint density at radius 1 is 1.75 bits per heavy atom. The third-order valence-corrected chi connectivity index (χ3v) is 1.47. The van der Waals surface area contributed by atoms with Crippen molar-refractivity contribution >= 4 is 5.78 Å². The van der Waals surface area contributed by atoms with E-state index in [1.54, 1.807) is 12.1 Å². The second-order valence-electron chi connectivity index (χ2n) is 2.31. The average Bonchev–Trinajstić information content (AvgIpc) is 2.55. The number of hydrogen-bond donors (Lipinski definition) is 0. The van der Waals surface area contributed by atoms with Crippen molar-refractivity contribution < 1.29 is 13.9 Å². The maximum absolute atomic E-state index is 11.2. The second-order valence-corrected chi connectivity index (χ2v) is 2.31. The molecule has 1 aromatic heterocycles. The van der Waals surface area contributed by atoms with Crippen molar-refractivity contribution in [1.29, 1.82) is 0 Å². The van der Waals surface area contributed by atoms with Gasteiger partial charge in [-0.25, -0.2) is 0 Å². The highest BCUT2D eigenvalue weighted by Crippen LogP contribution is 2.05. The molecule has 0 radical (unpaired) electrons. The summed E-state index contributed by atoms with van der Waals surface area (Å²) in [6.45, 7) is 3.44. The highest BCUT2D eigenvalue weighted by atomic mass is 16.5. The van der Waals surface area contributed by atoms with E-state index in [0.29, 0.717) is 5.76 Å². The molecule has 0 saturated carbocycles. The molecule has 0 aliphatic heterocycles. The fourth-order valence-electron chi connectivity index (χ4n) is 0.784. The van der Waals surface area contributed by atoms with Gasteiger partial charge in [0.25, 0.3) is 0 Å². The number of carbonyl (C=O) groups excluding carboxylic acids is 1. The van der Waals surface area contributed by atoms with Gasteiger partial charge in [0.1, 0.15) is 5.76 Å². The van der Waals surface area contributed by atoms with Gasteiger partial charge in [-0.05, 0) is 12.1 Å². The summed E-state index contributed by atoms with van der Waals surface area (Å²) in [5.41, 5.74) is 0. The van der Waals surface area contributed by atoms with Crippen LogP contribution in [0.25, 0.3) is 0 Å². The van der Waals surface area contributed by atoms with Crippen LogP contribution in [-0.4, -0.2) is 12.9 Å². The number of ether oxygens (including phenoxy) is 1. The maximum atomic E-state index is 11.2. The van der Waals surface area contributed by atoms with E-state index in [4.69, 9.17) is 4.42 Å². The third kappa shape index (κ3) is 1.99. The van der Waals surface area contributed by atoms with Crippen LogP contribution in [-0.2, 0) is 16.0 Å². The summed E-state index contributed by atoms with van der Waals surface area (Å²) in [4.78, 5) is 11.2. The Morgan fingerprint density at radius 3 is 3.00 bits per heavy atom. The molecule has 0 aromatic carbocycles. The molecule has 1 rings (SSSR count). The van der Waals surface area contributed by atoms with Gasteiger partial charge in [-0.3, -0.25) is 4.79 Å². The van der Waals surface area contributed by atoms with Crippen LogP contribution in [0.3, 0.4) is 0 Å². The Balaban J connectivity index is 2.53. The summed E-state index contributed by atoms with van der Waals surface area (Å²) < 4.78 is 9.66. The van der Waals surface area contributed by atoms with Crippen molar-refractivity contribution in [3.63, 3.8) is 0 Å². The number of hydrogen-bond acceptors (Lipinski definition) is 3. The summed E-state index contributed by atoms with van der Waals surface area (Å²) in [5, 5.41) is 0. The largest absolute Gasteiger partial charge is 0.494 e. The van der Waals surface area contributed by atoms with E-state index in [1.165, 1.54) is 13.4 Å². The molecule has 0 N–H and O–H groups in total. The van der Waals surface area contributed by atoms with E-state index in [9.17, 15) is 4.79 Å². The van der Waals surface area contributed by atoms with Crippen molar-refractivity contribution in [3.8, 4) is 0 Å². The SMILES string of the molecule is C=C(OC)C(=O)Cc1ccco1. The van der Waals surface area contributed by atoms with Gasteiger partial charge in [-0.1, -0.05) is 6.58 Å². The van der Waals surface area contributed by atoms with Gasteiger partial charge in [-0.15, -0.1) is 0 Å². The Bertz CT molecular complexity index is 272. The molecule has 0 saturated heterocycles. The lowest BCUT2D eigenvalue weighted by Gasteiger charge is -1.99. The fraction of sp³-hybridized carbons (Fsp3) is 0.222. The van der Waals surface area contributed by atoms with Gasteiger partial charge >= 0.3 is 0 Å². The number of carbonyl (C=O) groups is 1. The summed E-state index contributed by atoms with van der Waals surface area (Å²) in [6.07, 6.45) is 1.73. The average molecular weight is 166 g/mol. The molecule has 1 heterocycles. The zero-order chi connectivity index (χ0) is 8.97. The molecular weight excluding hydrogens is 156 g/mol. The Kier molecular flexibility index (Phi) is 2.69. The van der Waals surface area contributed by atoms with Gasteiger partial charge < -0.3 is 9.15 Å². The van der Waals surface area contributed by atoms with E-state index in [2.05, 4.69) is 11.3 Å². The molecule has 0 spiro atoms.